The van der Waals surface area contributed by atoms with Gasteiger partial charge in [-0.3, -0.25) is 0 Å². The molecule has 0 bridgehead atoms. The summed E-state index contributed by atoms with van der Waals surface area (Å²) in [6.45, 7) is 3.22. The summed E-state index contributed by atoms with van der Waals surface area (Å²) < 4.78 is 0. The third-order valence-corrected chi connectivity index (χ3v) is 3.72. The van der Waals surface area contributed by atoms with Gasteiger partial charge >= 0.3 is 0 Å². The highest BCUT2D eigenvalue weighted by molar-refractivity contribution is 7.99. The quantitative estimate of drug-likeness (QED) is 0.771. The Bertz CT molecular complexity index is 509. The van der Waals surface area contributed by atoms with Gasteiger partial charge in [0.15, 0.2) is 0 Å². The molecule has 90 valence electrons. The second kappa shape index (κ2) is 5.52. The predicted octanol–water partition coefficient (Wildman–Crippen LogP) is 3.20. The van der Waals surface area contributed by atoms with E-state index >= 15 is 0 Å². The first-order valence-corrected chi connectivity index (χ1v) is 6.79. The SMILES string of the molecule is Cc1cc2ccccc2nc1SCCN(C)C. The summed E-state index contributed by atoms with van der Waals surface area (Å²) in [5, 5.41) is 2.38. The van der Waals surface area contributed by atoms with Gasteiger partial charge in [-0.05, 0) is 38.7 Å². The van der Waals surface area contributed by atoms with E-state index in [-0.39, 0.29) is 0 Å². The number of nitrogens with zero attached hydrogens (tertiary/aromatic N) is 2. The van der Waals surface area contributed by atoms with E-state index in [2.05, 4.69) is 50.2 Å². The molecule has 3 heteroatoms. The van der Waals surface area contributed by atoms with Crippen molar-refractivity contribution in [2.24, 2.45) is 0 Å². The van der Waals surface area contributed by atoms with Crippen LogP contribution in [0.25, 0.3) is 10.9 Å². The second-order valence-electron chi connectivity index (χ2n) is 4.45. The Kier molecular flexibility index (Phi) is 4.02. The van der Waals surface area contributed by atoms with Crippen LogP contribution in [0, 0.1) is 6.92 Å². The van der Waals surface area contributed by atoms with Gasteiger partial charge in [-0.1, -0.05) is 18.2 Å². The molecule has 0 N–H and O–H groups in total. The summed E-state index contributed by atoms with van der Waals surface area (Å²) in [5.41, 5.74) is 2.36. The number of pyridine rings is 1. The monoisotopic (exact) mass is 246 g/mol. The van der Waals surface area contributed by atoms with E-state index in [0.717, 1.165) is 22.8 Å². The zero-order valence-corrected chi connectivity index (χ0v) is 11.4. The number of fused-ring (bicyclic) bond motifs is 1. The van der Waals surface area contributed by atoms with E-state index < -0.39 is 0 Å². The number of aromatic nitrogens is 1. The van der Waals surface area contributed by atoms with Gasteiger partial charge in [-0.25, -0.2) is 4.98 Å². The van der Waals surface area contributed by atoms with Crippen LogP contribution in [-0.2, 0) is 0 Å². The lowest BCUT2D eigenvalue weighted by molar-refractivity contribution is 0.437. The highest BCUT2D eigenvalue weighted by Crippen LogP contribution is 2.24. The molecule has 17 heavy (non-hydrogen) atoms. The smallest absolute Gasteiger partial charge is 0.0997 e. The van der Waals surface area contributed by atoms with Crippen molar-refractivity contribution in [2.45, 2.75) is 11.9 Å². The van der Waals surface area contributed by atoms with E-state index in [1.165, 1.54) is 10.9 Å². The first-order chi connectivity index (χ1) is 8.16. The van der Waals surface area contributed by atoms with Crippen LogP contribution in [-0.4, -0.2) is 36.3 Å². The van der Waals surface area contributed by atoms with Crippen molar-refractivity contribution in [3.63, 3.8) is 0 Å². The summed E-state index contributed by atoms with van der Waals surface area (Å²) in [5.74, 6) is 1.08. The van der Waals surface area contributed by atoms with Gasteiger partial charge in [-0.15, -0.1) is 11.8 Å². The molecule has 0 spiro atoms. The summed E-state index contributed by atoms with van der Waals surface area (Å²) in [6.07, 6.45) is 0. The number of para-hydroxylation sites is 1. The Morgan fingerprint density at radius 3 is 2.76 bits per heavy atom. The lowest BCUT2D eigenvalue weighted by atomic mass is 10.2. The van der Waals surface area contributed by atoms with E-state index in [9.17, 15) is 0 Å². The lowest BCUT2D eigenvalue weighted by Gasteiger charge is -2.10. The number of rotatable bonds is 4. The minimum Gasteiger partial charge on any atom is -0.309 e. The van der Waals surface area contributed by atoms with Crippen molar-refractivity contribution < 1.29 is 0 Å². The molecule has 2 aromatic rings. The summed E-state index contributed by atoms with van der Waals surface area (Å²) in [6, 6.07) is 10.5. The van der Waals surface area contributed by atoms with Gasteiger partial charge in [0.1, 0.15) is 0 Å². The third-order valence-electron chi connectivity index (χ3n) is 2.65. The maximum absolute atomic E-state index is 4.72. The number of thioether (sulfide) groups is 1. The van der Waals surface area contributed by atoms with Crippen LogP contribution in [0.4, 0.5) is 0 Å². The standard InChI is InChI=1S/C14H18N2S/c1-11-10-12-6-4-5-7-13(12)15-14(11)17-9-8-16(2)3/h4-7,10H,8-9H2,1-3H3. The van der Waals surface area contributed by atoms with E-state index in [1.54, 1.807) is 0 Å². The normalized spacial score (nSPS) is 11.3. The highest BCUT2D eigenvalue weighted by atomic mass is 32.2. The van der Waals surface area contributed by atoms with Crippen molar-refractivity contribution in [1.82, 2.24) is 9.88 Å². The number of aryl methyl sites for hydroxylation is 1. The minimum atomic E-state index is 1.08. The Labute approximate surface area is 107 Å². The molecule has 2 nitrogen and oxygen atoms in total. The van der Waals surface area contributed by atoms with Gasteiger partial charge < -0.3 is 4.90 Å². The molecule has 0 saturated carbocycles. The summed E-state index contributed by atoms with van der Waals surface area (Å²) >= 11 is 1.84. The Hall–Kier alpha value is -1.06. The van der Waals surface area contributed by atoms with Crippen LogP contribution in [0.2, 0.25) is 0 Å². The van der Waals surface area contributed by atoms with Crippen LogP contribution < -0.4 is 0 Å². The van der Waals surface area contributed by atoms with Gasteiger partial charge in [-0.2, -0.15) is 0 Å². The van der Waals surface area contributed by atoms with Crippen LogP contribution in [0.15, 0.2) is 35.4 Å². The van der Waals surface area contributed by atoms with Gasteiger partial charge in [0.25, 0.3) is 0 Å². The fraction of sp³-hybridized carbons (Fsp3) is 0.357. The van der Waals surface area contributed by atoms with Crippen molar-refractivity contribution in [2.75, 3.05) is 26.4 Å². The first kappa shape index (κ1) is 12.4. The Morgan fingerprint density at radius 1 is 1.24 bits per heavy atom. The second-order valence-corrected chi connectivity index (χ2v) is 5.54. The topological polar surface area (TPSA) is 16.1 Å². The number of benzene rings is 1. The van der Waals surface area contributed by atoms with Crippen molar-refractivity contribution in [1.29, 1.82) is 0 Å². The molecule has 0 aliphatic carbocycles. The van der Waals surface area contributed by atoms with E-state index in [1.807, 2.05) is 17.8 Å². The third kappa shape index (κ3) is 3.20. The highest BCUT2D eigenvalue weighted by Gasteiger charge is 2.03. The van der Waals surface area contributed by atoms with Gasteiger partial charge in [0.05, 0.1) is 10.5 Å². The van der Waals surface area contributed by atoms with Gasteiger partial charge in [0, 0.05) is 17.7 Å². The molecule has 2 rings (SSSR count). The van der Waals surface area contributed by atoms with Gasteiger partial charge in [0.2, 0.25) is 0 Å². The lowest BCUT2D eigenvalue weighted by Crippen LogP contribution is -2.14. The first-order valence-electron chi connectivity index (χ1n) is 5.81. The molecule has 0 aliphatic rings. The zero-order chi connectivity index (χ0) is 12.3. The largest absolute Gasteiger partial charge is 0.309 e. The fourth-order valence-electron chi connectivity index (χ4n) is 1.67. The number of hydrogen-bond donors (Lipinski definition) is 0. The van der Waals surface area contributed by atoms with Crippen LogP contribution in [0.3, 0.4) is 0 Å². The molecule has 0 saturated heterocycles. The molecule has 0 fully saturated rings. The van der Waals surface area contributed by atoms with Crippen molar-refractivity contribution in [3.05, 3.63) is 35.9 Å². The van der Waals surface area contributed by atoms with Crippen molar-refractivity contribution >= 4 is 22.7 Å². The molecule has 1 heterocycles. The summed E-state index contributed by atoms with van der Waals surface area (Å²) in [4.78, 5) is 6.91. The average Bonchev–Trinajstić information content (AvgIpc) is 2.29. The molecule has 0 radical (unpaired) electrons. The van der Waals surface area contributed by atoms with Crippen LogP contribution >= 0.6 is 11.8 Å². The summed E-state index contributed by atoms with van der Waals surface area (Å²) in [7, 11) is 4.20. The molecule has 0 aliphatic heterocycles. The molecule has 0 atom stereocenters. The van der Waals surface area contributed by atoms with E-state index in [4.69, 9.17) is 4.98 Å². The molecule has 0 unspecified atom stereocenters. The maximum Gasteiger partial charge on any atom is 0.0997 e. The Morgan fingerprint density at radius 2 is 2.00 bits per heavy atom. The fourth-order valence-corrected chi connectivity index (χ4v) is 2.77. The number of hydrogen-bond acceptors (Lipinski definition) is 3. The van der Waals surface area contributed by atoms with E-state index in [0.29, 0.717) is 0 Å². The molecule has 0 amide bonds. The molecular formula is C14H18N2S. The molecule has 1 aromatic heterocycles. The maximum atomic E-state index is 4.72. The predicted molar refractivity (Wildman–Crippen MR) is 75.8 cm³/mol. The van der Waals surface area contributed by atoms with Crippen LogP contribution in [0.1, 0.15) is 5.56 Å². The average molecular weight is 246 g/mol. The molecule has 1 aromatic carbocycles. The van der Waals surface area contributed by atoms with Crippen LogP contribution in [0.5, 0.6) is 0 Å². The van der Waals surface area contributed by atoms with Crippen molar-refractivity contribution in [3.8, 4) is 0 Å². The zero-order valence-electron chi connectivity index (χ0n) is 10.6. The Balaban J connectivity index is 2.19. The molecular weight excluding hydrogens is 228 g/mol. The minimum absolute atomic E-state index is 1.08.